The maximum absolute atomic E-state index is 11.9. The van der Waals surface area contributed by atoms with Crippen molar-refractivity contribution in [2.24, 2.45) is 0 Å². The van der Waals surface area contributed by atoms with Gasteiger partial charge < -0.3 is 0 Å². The van der Waals surface area contributed by atoms with Crippen molar-refractivity contribution in [3.05, 3.63) is 0 Å². The summed E-state index contributed by atoms with van der Waals surface area (Å²) < 4.78 is 27.7. The Kier molecular flexibility index (Phi) is 5.54. The molecule has 0 aromatic carbocycles. The highest BCUT2D eigenvalue weighted by atomic mass is 35.5. The van der Waals surface area contributed by atoms with E-state index in [1.807, 2.05) is 0 Å². The average molecular weight is 257 g/mol. The molecule has 92 valence electrons. The number of hydrogen-bond donors (Lipinski definition) is 1. The summed E-state index contributed by atoms with van der Waals surface area (Å²) in [6.07, 6.45) is 0. The van der Waals surface area contributed by atoms with Crippen molar-refractivity contribution in [3.8, 4) is 0 Å². The lowest BCUT2D eigenvalue weighted by Crippen LogP contribution is -2.53. The molecule has 0 heterocycles. The highest BCUT2D eigenvalue weighted by molar-refractivity contribution is 7.87. The third-order valence-electron chi connectivity index (χ3n) is 2.43. The Morgan fingerprint density at radius 1 is 1.33 bits per heavy atom. The summed E-state index contributed by atoms with van der Waals surface area (Å²) in [5.74, 6) is 0. The maximum Gasteiger partial charge on any atom is 0.279 e. The molecule has 1 atom stereocenters. The van der Waals surface area contributed by atoms with E-state index in [4.69, 9.17) is 11.6 Å². The van der Waals surface area contributed by atoms with Crippen molar-refractivity contribution in [2.75, 3.05) is 13.1 Å². The predicted octanol–water partition coefficient (Wildman–Crippen LogP) is 1.57. The SMILES string of the molecule is CCN(CC)S(=O)(=O)NC(C)(C)C(C)Cl. The second kappa shape index (κ2) is 5.48. The molecule has 0 spiro atoms. The zero-order valence-corrected chi connectivity index (χ0v) is 11.6. The third kappa shape index (κ3) is 4.26. The van der Waals surface area contributed by atoms with E-state index in [0.717, 1.165) is 0 Å². The highest BCUT2D eigenvalue weighted by Gasteiger charge is 2.31. The summed E-state index contributed by atoms with van der Waals surface area (Å²) in [5.41, 5.74) is -0.650. The Hall–Kier alpha value is 0.160. The fraction of sp³-hybridized carbons (Fsp3) is 1.00. The topological polar surface area (TPSA) is 49.4 Å². The molecule has 0 rings (SSSR count). The van der Waals surface area contributed by atoms with E-state index in [1.54, 1.807) is 34.6 Å². The molecule has 6 heteroatoms. The molecule has 0 aliphatic heterocycles. The zero-order valence-electron chi connectivity index (χ0n) is 10.0. The Balaban J connectivity index is 4.79. The van der Waals surface area contributed by atoms with Gasteiger partial charge in [-0.2, -0.15) is 17.4 Å². The number of halogens is 1. The normalized spacial score (nSPS) is 15.7. The van der Waals surface area contributed by atoms with Gasteiger partial charge in [0.05, 0.1) is 0 Å². The van der Waals surface area contributed by atoms with Gasteiger partial charge in [-0.3, -0.25) is 0 Å². The van der Waals surface area contributed by atoms with Crippen LogP contribution in [0.15, 0.2) is 0 Å². The molecule has 0 aromatic rings. The van der Waals surface area contributed by atoms with Crippen molar-refractivity contribution < 1.29 is 8.42 Å². The van der Waals surface area contributed by atoms with Gasteiger partial charge in [0.15, 0.2) is 0 Å². The molecule has 0 radical (unpaired) electrons. The van der Waals surface area contributed by atoms with Crippen LogP contribution in [0, 0.1) is 0 Å². The summed E-state index contributed by atoms with van der Waals surface area (Å²) in [6, 6.07) is 0. The van der Waals surface area contributed by atoms with Gasteiger partial charge in [-0.25, -0.2) is 0 Å². The van der Waals surface area contributed by atoms with Crippen LogP contribution in [0.2, 0.25) is 0 Å². The van der Waals surface area contributed by atoms with Gasteiger partial charge in [-0.05, 0) is 20.8 Å². The summed E-state index contributed by atoms with van der Waals surface area (Å²) in [7, 11) is -3.43. The Labute approximate surface area is 98.2 Å². The molecule has 4 nitrogen and oxygen atoms in total. The van der Waals surface area contributed by atoms with Crippen LogP contribution in [0.3, 0.4) is 0 Å². The predicted molar refractivity (Wildman–Crippen MR) is 64.4 cm³/mol. The number of nitrogens with one attached hydrogen (secondary N) is 1. The molecule has 15 heavy (non-hydrogen) atoms. The van der Waals surface area contributed by atoms with Crippen LogP contribution in [-0.4, -0.2) is 36.7 Å². The molecular formula is C9H21ClN2O2S. The van der Waals surface area contributed by atoms with Crippen molar-refractivity contribution in [1.29, 1.82) is 0 Å². The van der Waals surface area contributed by atoms with Crippen LogP contribution in [0.5, 0.6) is 0 Å². The smallest absolute Gasteiger partial charge is 0.195 e. The summed E-state index contributed by atoms with van der Waals surface area (Å²) in [4.78, 5) is 0. The number of alkyl halides is 1. The Morgan fingerprint density at radius 3 is 2.00 bits per heavy atom. The van der Waals surface area contributed by atoms with Gasteiger partial charge in [0.25, 0.3) is 10.2 Å². The number of hydrogen-bond acceptors (Lipinski definition) is 2. The van der Waals surface area contributed by atoms with Crippen molar-refractivity contribution in [1.82, 2.24) is 9.03 Å². The quantitative estimate of drug-likeness (QED) is 0.734. The Bertz CT molecular complexity index is 284. The third-order valence-corrected chi connectivity index (χ3v) is 4.96. The van der Waals surface area contributed by atoms with Crippen molar-refractivity contribution in [2.45, 2.75) is 45.5 Å². The van der Waals surface area contributed by atoms with Crippen LogP contribution in [0.1, 0.15) is 34.6 Å². The Morgan fingerprint density at radius 2 is 1.73 bits per heavy atom. The minimum atomic E-state index is -3.43. The van der Waals surface area contributed by atoms with Gasteiger partial charge in [0.1, 0.15) is 0 Å². The van der Waals surface area contributed by atoms with E-state index in [0.29, 0.717) is 13.1 Å². The van der Waals surface area contributed by atoms with E-state index in [9.17, 15) is 8.42 Å². The molecule has 0 bridgehead atoms. The van der Waals surface area contributed by atoms with Gasteiger partial charge in [0, 0.05) is 24.0 Å². The van der Waals surface area contributed by atoms with Crippen molar-refractivity contribution >= 4 is 21.8 Å². The molecule has 1 unspecified atom stereocenters. The van der Waals surface area contributed by atoms with Crippen LogP contribution < -0.4 is 4.72 Å². The summed E-state index contributed by atoms with van der Waals surface area (Å²) >= 11 is 5.92. The van der Waals surface area contributed by atoms with Crippen LogP contribution in [0.25, 0.3) is 0 Å². The number of rotatable bonds is 6. The largest absolute Gasteiger partial charge is 0.279 e. The minimum Gasteiger partial charge on any atom is -0.195 e. The van der Waals surface area contributed by atoms with E-state index >= 15 is 0 Å². The first-order valence-electron chi connectivity index (χ1n) is 5.10. The molecule has 0 fully saturated rings. The first-order chi connectivity index (χ1) is 6.67. The van der Waals surface area contributed by atoms with E-state index in [-0.39, 0.29) is 5.38 Å². The molecule has 0 saturated carbocycles. The lowest BCUT2D eigenvalue weighted by molar-refractivity contribution is 0.391. The van der Waals surface area contributed by atoms with Gasteiger partial charge >= 0.3 is 0 Å². The van der Waals surface area contributed by atoms with E-state index in [2.05, 4.69) is 4.72 Å². The molecule has 0 aliphatic rings. The molecule has 0 saturated heterocycles. The van der Waals surface area contributed by atoms with E-state index < -0.39 is 15.7 Å². The average Bonchev–Trinajstić information content (AvgIpc) is 2.03. The molecule has 0 amide bonds. The molecule has 1 N–H and O–H groups in total. The molecular weight excluding hydrogens is 236 g/mol. The fourth-order valence-corrected chi connectivity index (χ4v) is 2.81. The molecule has 0 aromatic heterocycles. The van der Waals surface area contributed by atoms with Crippen LogP contribution in [-0.2, 0) is 10.2 Å². The van der Waals surface area contributed by atoms with Gasteiger partial charge in [0.2, 0.25) is 0 Å². The monoisotopic (exact) mass is 256 g/mol. The van der Waals surface area contributed by atoms with E-state index in [1.165, 1.54) is 4.31 Å². The second-order valence-electron chi connectivity index (χ2n) is 4.03. The first-order valence-corrected chi connectivity index (χ1v) is 6.98. The lowest BCUT2D eigenvalue weighted by atomic mass is 10.0. The number of nitrogens with zero attached hydrogens (tertiary/aromatic N) is 1. The maximum atomic E-state index is 11.9. The highest BCUT2D eigenvalue weighted by Crippen LogP contribution is 2.16. The summed E-state index contributed by atoms with van der Waals surface area (Å²) in [6.45, 7) is 9.83. The molecule has 0 aliphatic carbocycles. The first kappa shape index (κ1) is 15.2. The fourth-order valence-electron chi connectivity index (χ4n) is 1.04. The minimum absolute atomic E-state index is 0.275. The van der Waals surface area contributed by atoms with Gasteiger partial charge in [-0.1, -0.05) is 13.8 Å². The van der Waals surface area contributed by atoms with Gasteiger partial charge in [-0.15, -0.1) is 11.6 Å². The van der Waals surface area contributed by atoms with Crippen LogP contribution in [0.4, 0.5) is 0 Å². The lowest BCUT2D eigenvalue weighted by Gasteiger charge is -2.31. The summed E-state index contributed by atoms with van der Waals surface area (Å²) in [5, 5.41) is -0.275. The van der Waals surface area contributed by atoms with Crippen molar-refractivity contribution in [3.63, 3.8) is 0 Å². The standard InChI is InChI=1S/C9H21ClN2O2S/c1-6-12(7-2)15(13,14)11-9(4,5)8(3)10/h8,11H,6-7H2,1-5H3. The zero-order chi connectivity index (χ0) is 12.3. The van der Waals surface area contributed by atoms with Crippen LogP contribution >= 0.6 is 11.6 Å². The second-order valence-corrected chi connectivity index (χ2v) is 6.35.